The van der Waals surface area contributed by atoms with E-state index in [0.29, 0.717) is 22.6 Å². The van der Waals surface area contributed by atoms with Crippen molar-refractivity contribution in [1.82, 2.24) is 4.90 Å². The van der Waals surface area contributed by atoms with Crippen LogP contribution in [0.15, 0.2) is 47.8 Å². The maximum Gasteiger partial charge on any atom is 0.339 e. The predicted molar refractivity (Wildman–Crippen MR) is 141 cm³/mol. The second-order valence-electron chi connectivity index (χ2n) is 10.1. The van der Waals surface area contributed by atoms with Crippen LogP contribution in [0.1, 0.15) is 46.8 Å². The van der Waals surface area contributed by atoms with Crippen molar-refractivity contribution in [3.05, 3.63) is 87.5 Å². The molecule has 4 aliphatic rings. The highest BCUT2D eigenvalue weighted by Gasteiger charge is 2.37. The average molecular weight is 553 g/mol. The van der Waals surface area contributed by atoms with Crippen LogP contribution in [0.25, 0.3) is 5.57 Å². The van der Waals surface area contributed by atoms with E-state index in [0.717, 1.165) is 44.7 Å². The zero-order valence-corrected chi connectivity index (χ0v) is 21.8. The lowest BCUT2D eigenvalue weighted by Crippen LogP contribution is -2.44. The molecule has 0 aromatic heterocycles. The van der Waals surface area contributed by atoms with E-state index in [1.54, 1.807) is 18.2 Å². The van der Waals surface area contributed by atoms with Crippen molar-refractivity contribution in [2.75, 3.05) is 37.7 Å². The monoisotopic (exact) mass is 552 g/mol. The van der Waals surface area contributed by atoms with Crippen molar-refractivity contribution in [2.45, 2.75) is 32.2 Å². The molecule has 3 heterocycles. The number of allylic oxidation sites excluding steroid dienone is 1. The lowest BCUT2D eigenvalue weighted by atomic mass is 9.83. The molecule has 6 rings (SSSR count). The van der Waals surface area contributed by atoms with Crippen molar-refractivity contribution in [3.8, 4) is 5.75 Å². The van der Waals surface area contributed by atoms with E-state index in [9.17, 15) is 14.7 Å². The van der Waals surface area contributed by atoms with Gasteiger partial charge < -0.3 is 19.5 Å². The van der Waals surface area contributed by atoms with Crippen LogP contribution in [0.5, 0.6) is 5.75 Å². The van der Waals surface area contributed by atoms with Crippen LogP contribution < -0.4 is 9.64 Å². The summed E-state index contributed by atoms with van der Waals surface area (Å²) in [4.78, 5) is 28.8. The lowest BCUT2D eigenvalue weighted by Gasteiger charge is -2.38. The molecule has 208 valence electrons. The molecular weight excluding hydrogens is 525 g/mol. The van der Waals surface area contributed by atoms with E-state index in [2.05, 4.69) is 9.80 Å². The molecule has 1 atom stereocenters. The van der Waals surface area contributed by atoms with Gasteiger partial charge in [0.25, 0.3) is 0 Å². The van der Waals surface area contributed by atoms with Crippen LogP contribution in [0.3, 0.4) is 0 Å². The number of rotatable bonds is 7. The molecule has 1 N–H and O–H groups in total. The smallest absolute Gasteiger partial charge is 0.339 e. The molecule has 2 fully saturated rings. The molecule has 2 saturated heterocycles. The van der Waals surface area contributed by atoms with Crippen molar-refractivity contribution in [3.63, 3.8) is 0 Å². The van der Waals surface area contributed by atoms with E-state index in [1.165, 1.54) is 6.92 Å². The number of carboxylic acids is 1. The van der Waals surface area contributed by atoms with Crippen LogP contribution in [0.2, 0.25) is 0 Å². The van der Waals surface area contributed by atoms with Gasteiger partial charge in [-0.05, 0) is 38.0 Å². The van der Waals surface area contributed by atoms with Gasteiger partial charge in [-0.2, -0.15) is 0 Å². The van der Waals surface area contributed by atoms with Gasteiger partial charge in [-0.15, -0.1) is 0 Å². The Morgan fingerprint density at radius 3 is 2.45 bits per heavy atom. The molecule has 0 saturated carbocycles. The summed E-state index contributed by atoms with van der Waals surface area (Å²) in [7, 11) is 0. The van der Waals surface area contributed by atoms with Crippen molar-refractivity contribution in [2.24, 2.45) is 0 Å². The number of anilines is 1. The number of carbonyl (C=O) groups is 2. The summed E-state index contributed by atoms with van der Waals surface area (Å²) < 4.78 is 57.9. The maximum absolute atomic E-state index is 16.3. The third-order valence-corrected chi connectivity index (χ3v) is 7.81. The van der Waals surface area contributed by atoms with Crippen LogP contribution in [0, 0.1) is 17.5 Å². The highest BCUT2D eigenvalue weighted by molar-refractivity contribution is 6.01. The first-order valence-electron chi connectivity index (χ1n) is 13.3. The fraction of sp³-hybridized carbons (Fsp3) is 0.333. The first-order valence-corrected chi connectivity index (χ1v) is 13.3. The quantitative estimate of drug-likeness (QED) is 0.389. The maximum atomic E-state index is 16.3. The van der Waals surface area contributed by atoms with Crippen molar-refractivity contribution >= 4 is 23.2 Å². The zero-order chi connectivity index (χ0) is 28.1. The van der Waals surface area contributed by atoms with Crippen LogP contribution in [-0.2, 0) is 16.0 Å². The lowest BCUT2D eigenvalue weighted by molar-refractivity contribution is -0.142. The summed E-state index contributed by atoms with van der Waals surface area (Å²) in [5.74, 6) is -6.89. The molecule has 40 heavy (non-hydrogen) atoms. The Morgan fingerprint density at radius 1 is 1.07 bits per heavy atom. The van der Waals surface area contributed by atoms with Crippen LogP contribution in [-0.4, -0.2) is 60.8 Å². The summed E-state index contributed by atoms with van der Waals surface area (Å²) in [5, 5.41) is 9.97. The van der Waals surface area contributed by atoms with Gasteiger partial charge in [-0.3, -0.25) is 9.69 Å². The molecule has 2 aromatic rings. The van der Waals surface area contributed by atoms with Crippen LogP contribution in [0.4, 0.5) is 18.9 Å². The Morgan fingerprint density at radius 2 is 1.82 bits per heavy atom. The molecular formula is C30H27F3N2O5. The van der Waals surface area contributed by atoms with E-state index in [-0.39, 0.29) is 18.2 Å². The number of ether oxygens (including phenoxy) is 2. The largest absolute Gasteiger partial charge is 0.478 e. The number of likely N-dealkylation sites (tertiary alicyclic amines) is 1. The van der Waals surface area contributed by atoms with Gasteiger partial charge in [-0.1, -0.05) is 12.2 Å². The highest BCUT2D eigenvalue weighted by Crippen LogP contribution is 2.47. The number of benzene rings is 2. The zero-order valence-electron chi connectivity index (χ0n) is 21.8. The van der Waals surface area contributed by atoms with Gasteiger partial charge in [0.2, 0.25) is 0 Å². The molecule has 1 aliphatic carbocycles. The number of nitrogens with zero attached hydrogens (tertiary/aromatic N) is 2. The minimum Gasteiger partial charge on any atom is -0.478 e. The van der Waals surface area contributed by atoms with E-state index < -0.39 is 52.5 Å². The number of fused-ring (bicyclic) bond motifs is 2. The molecule has 0 amide bonds. The SMILES string of the molecule is CCOC(=O)Cc1c(F)c(F)c(C(=O)O)c(C2=C3C=CC(N4CCC4)C=C3Oc3cc(N4CCC4)ccc32)c1F. The van der Waals surface area contributed by atoms with Gasteiger partial charge in [0.15, 0.2) is 11.6 Å². The highest BCUT2D eigenvalue weighted by atomic mass is 19.2. The van der Waals surface area contributed by atoms with E-state index in [4.69, 9.17) is 9.47 Å². The van der Waals surface area contributed by atoms with Crippen molar-refractivity contribution < 1.29 is 37.3 Å². The molecule has 0 bridgehead atoms. The predicted octanol–water partition coefficient (Wildman–Crippen LogP) is 4.84. The number of esters is 1. The fourth-order valence-corrected chi connectivity index (χ4v) is 5.50. The minimum atomic E-state index is -1.84. The minimum absolute atomic E-state index is 0.0406. The Labute approximate surface area is 228 Å². The number of carboxylic acid groups (broad SMARTS) is 1. The summed E-state index contributed by atoms with van der Waals surface area (Å²) >= 11 is 0. The second-order valence-corrected chi connectivity index (χ2v) is 10.1. The van der Waals surface area contributed by atoms with Crippen molar-refractivity contribution in [1.29, 1.82) is 0 Å². The van der Waals surface area contributed by atoms with E-state index >= 15 is 13.2 Å². The molecule has 0 radical (unpaired) electrons. The van der Waals surface area contributed by atoms with Gasteiger partial charge in [-0.25, -0.2) is 18.0 Å². The first-order chi connectivity index (χ1) is 19.3. The Balaban J connectivity index is 1.60. The number of hydrogen-bond donors (Lipinski definition) is 1. The second kappa shape index (κ2) is 10.2. The van der Waals surface area contributed by atoms with Gasteiger partial charge in [0, 0.05) is 65.8 Å². The van der Waals surface area contributed by atoms with E-state index in [1.807, 2.05) is 18.2 Å². The topological polar surface area (TPSA) is 79.3 Å². The summed E-state index contributed by atoms with van der Waals surface area (Å²) in [6.45, 7) is 5.03. The molecule has 10 heteroatoms. The summed E-state index contributed by atoms with van der Waals surface area (Å²) in [5.41, 5.74) is -1.07. The molecule has 0 spiro atoms. The number of hydrogen-bond acceptors (Lipinski definition) is 6. The Hall–Kier alpha value is -4.05. The van der Waals surface area contributed by atoms with Gasteiger partial charge in [0.1, 0.15) is 22.9 Å². The molecule has 2 aromatic carbocycles. The molecule has 3 aliphatic heterocycles. The third kappa shape index (κ3) is 4.27. The Bertz CT molecular complexity index is 1520. The van der Waals surface area contributed by atoms with Gasteiger partial charge in [0.05, 0.1) is 19.1 Å². The fourth-order valence-electron chi connectivity index (χ4n) is 5.50. The summed E-state index contributed by atoms with van der Waals surface area (Å²) in [6, 6.07) is 5.20. The first kappa shape index (κ1) is 26.2. The summed E-state index contributed by atoms with van der Waals surface area (Å²) in [6.07, 6.45) is 6.67. The number of halogens is 3. The average Bonchev–Trinajstić information content (AvgIpc) is 2.85. The Kier molecular flexibility index (Phi) is 6.66. The van der Waals surface area contributed by atoms with Gasteiger partial charge >= 0.3 is 11.9 Å². The molecule has 1 unspecified atom stereocenters. The number of carbonyl (C=O) groups excluding carboxylic acids is 1. The molecule has 7 nitrogen and oxygen atoms in total. The third-order valence-electron chi connectivity index (χ3n) is 7.81. The van der Waals surface area contributed by atoms with Crippen LogP contribution >= 0.6 is 0 Å². The normalized spacial score (nSPS) is 19.6. The standard InChI is InChI=1S/C30H27F3N2O5/c1-2-39-23(36)15-20-27(31)25(26(30(37)38)29(33)28(20)32)24-18-7-5-16(34-9-3-10-34)13-21(18)40-22-14-17(6-8-19(22)24)35-11-4-12-35/h5-8,13-14,16H,2-4,9-12,15H2,1H3,(H,37,38). The number of aromatic carboxylic acids is 1.